The second-order valence-electron chi connectivity index (χ2n) is 20.8. The molecule has 0 bridgehead atoms. The molecule has 8 aromatic rings. The summed E-state index contributed by atoms with van der Waals surface area (Å²) in [5.41, 5.74) is 9.20. The lowest BCUT2D eigenvalue weighted by molar-refractivity contribution is 0.0689. The molecule has 0 spiro atoms. The first-order valence-corrected chi connectivity index (χ1v) is 31.7. The zero-order valence-electron chi connectivity index (χ0n) is 46.7. The quantitative estimate of drug-likeness (QED) is 0.0704. The van der Waals surface area contributed by atoms with Crippen LogP contribution >= 0.6 is 26.5 Å². The fraction of sp³-hybridized carbons (Fsp3) is 0.333. The number of aromatic amines is 2. The largest absolute Gasteiger partial charge is 0.445 e. The van der Waals surface area contributed by atoms with Crippen LogP contribution in [0, 0.1) is 27.0 Å². The van der Waals surface area contributed by atoms with Gasteiger partial charge in [-0.3, -0.25) is 0 Å². The Morgan fingerprint density at radius 3 is 1.54 bits per heavy atom. The third-order valence-electron chi connectivity index (χ3n) is 14.1. The van der Waals surface area contributed by atoms with Crippen molar-refractivity contribution in [1.29, 1.82) is 0 Å². The number of nitrogens with one attached hydrogen (secondary N) is 4. The Morgan fingerprint density at radius 1 is 0.691 bits per heavy atom. The van der Waals surface area contributed by atoms with E-state index in [0.717, 1.165) is 81.2 Å². The summed E-state index contributed by atoms with van der Waals surface area (Å²) in [6.07, 6.45) is 10.1. The van der Waals surface area contributed by atoms with E-state index in [-0.39, 0.29) is 49.6 Å². The molecule has 2 aliphatic rings. The number of hydrogen-bond acceptors (Lipinski definition) is 12. The van der Waals surface area contributed by atoms with Gasteiger partial charge in [0.15, 0.2) is 5.69 Å². The van der Waals surface area contributed by atoms with Crippen LogP contribution in [-0.2, 0) is 31.8 Å². The van der Waals surface area contributed by atoms with E-state index < -0.39 is 14.9 Å². The molecule has 2 amide bonds. The minimum absolute atomic E-state index is 0.00494. The topological polar surface area (TPSA) is 209 Å². The average Bonchev–Trinajstić information content (AvgIpc) is 4.31. The Labute approximate surface area is 478 Å². The van der Waals surface area contributed by atoms with Gasteiger partial charge in [-0.1, -0.05) is 101 Å². The lowest BCUT2D eigenvalue weighted by Gasteiger charge is -2.37. The fourth-order valence-corrected chi connectivity index (χ4v) is 11.6. The number of halogens is 1. The van der Waals surface area contributed by atoms with Crippen molar-refractivity contribution in [2.45, 2.75) is 90.8 Å². The van der Waals surface area contributed by atoms with E-state index in [4.69, 9.17) is 44.2 Å². The van der Waals surface area contributed by atoms with Gasteiger partial charge in [-0.2, -0.15) is 0 Å². The maximum atomic E-state index is 13.1. The lowest BCUT2D eigenvalue weighted by atomic mass is 10.00. The second kappa shape index (κ2) is 26.4. The van der Waals surface area contributed by atoms with Crippen LogP contribution in [0.2, 0.25) is 5.02 Å². The number of likely N-dealkylation sites (tertiary alicyclic amines) is 2. The van der Waals surface area contributed by atoms with Crippen LogP contribution in [0.15, 0.2) is 110 Å². The number of hydrogen-bond donors (Lipinski definition) is 4. The molecule has 18 nitrogen and oxygen atoms in total. The first kappa shape index (κ1) is 59.0. The highest BCUT2D eigenvalue weighted by Crippen LogP contribution is 2.44. The summed E-state index contributed by atoms with van der Waals surface area (Å²) < 4.78 is 33.8. The van der Waals surface area contributed by atoms with Crippen LogP contribution < -0.4 is 15.9 Å². The molecule has 10 rings (SSSR count). The molecular formula is C60H66ClN12O6P2+. The van der Waals surface area contributed by atoms with Gasteiger partial charge in [0.05, 0.1) is 35.1 Å². The van der Waals surface area contributed by atoms with Crippen molar-refractivity contribution < 1.29 is 28.2 Å². The number of aryl methyl sites for hydroxylation is 2. The molecule has 4 aromatic heterocycles. The molecule has 0 saturated carbocycles. The van der Waals surface area contributed by atoms with Crippen molar-refractivity contribution in [3.05, 3.63) is 160 Å². The molecule has 4 N–H and O–H groups in total. The molecule has 0 aliphatic carbocycles. The highest BCUT2D eigenvalue weighted by Gasteiger charge is 2.33. The summed E-state index contributed by atoms with van der Waals surface area (Å²) in [7, 11) is -3.59. The highest BCUT2D eigenvalue weighted by molar-refractivity contribution is 7.71. The summed E-state index contributed by atoms with van der Waals surface area (Å²) in [4.78, 5) is 61.5. The van der Waals surface area contributed by atoms with Crippen LogP contribution in [0.1, 0.15) is 61.8 Å². The van der Waals surface area contributed by atoms with E-state index >= 15 is 0 Å². The molecule has 81 heavy (non-hydrogen) atoms. The van der Waals surface area contributed by atoms with Crippen LogP contribution in [0.25, 0.3) is 54.0 Å². The molecular weight excluding hydrogens is 1080 g/mol. The fourth-order valence-electron chi connectivity index (χ4n) is 9.94. The minimum Gasteiger partial charge on any atom is -0.445 e. The number of amides is 2. The number of aromatic nitrogens is 6. The van der Waals surface area contributed by atoms with Crippen LogP contribution in [-0.4, -0.2) is 116 Å². The number of rotatable bonds is 11. The second-order valence-corrected chi connectivity index (χ2v) is 26.0. The number of fused-ring (bicyclic) bond motifs is 2. The smallest absolute Gasteiger partial charge is 0.410 e. The number of anilines is 2. The highest BCUT2D eigenvalue weighted by atomic mass is 35.5. The summed E-state index contributed by atoms with van der Waals surface area (Å²) in [6, 6.07) is 26.7. The number of H-pyrrole nitrogens is 2. The maximum Gasteiger partial charge on any atom is 0.410 e. The summed E-state index contributed by atoms with van der Waals surface area (Å²) >= 11 is 6.42. The van der Waals surface area contributed by atoms with Gasteiger partial charge in [-0.25, -0.2) is 39.2 Å². The van der Waals surface area contributed by atoms with E-state index in [0.29, 0.717) is 57.7 Å². The molecule has 0 radical (unpaired) electrons. The Balaban J connectivity index is 0.000000200. The van der Waals surface area contributed by atoms with Crippen molar-refractivity contribution in [1.82, 2.24) is 39.7 Å². The molecule has 2 fully saturated rings. The van der Waals surface area contributed by atoms with E-state index in [9.17, 15) is 18.7 Å². The Kier molecular flexibility index (Phi) is 19.2. The van der Waals surface area contributed by atoms with Gasteiger partial charge in [-0.15, -0.1) is 0 Å². The number of carbonyl (C=O) groups is 2. The molecule has 2 aliphatic heterocycles. The van der Waals surface area contributed by atoms with Gasteiger partial charge >= 0.3 is 20.0 Å². The van der Waals surface area contributed by atoms with Gasteiger partial charge in [0.2, 0.25) is 17.6 Å². The first-order valence-electron chi connectivity index (χ1n) is 26.6. The number of nitrogens with zero attached hydrogens (tertiary/aromatic N) is 8. The van der Waals surface area contributed by atoms with Crippen LogP contribution in [0.4, 0.5) is 32.9 Å². The molecule has 21 heteroatoms. The Morgan fingerprint density at radius 2 is 1.11 bits per heavy atom. The number of ether oxygens (including phenoxy) is 2. The lowest BCUT2D eigenvalue weighted by Crippen LogP contribution is -2.50. The van der Waals surface area contributed by atoms with E-state index in [1.165, 1.54) is 0 Å². The normalized spacial score (nSPS) is 16.9. The Bertz CT molecular complexity index is 3700. The number of piperidine rings is 2. The van der Waals surface area contributed by atoms with E-state index in [1.807, 2.05) is 113 Å². The van der Waals surface area contributed by atoms with Gasteiger partial charge in [-0.05, 0) is 89.0 Å². The van der Waals surface area contributed by atoms with Gasteiger partial charge in [0.25, 0.3) is 0 Å². The third-order valence-corrected chi connectivity index (χ3v) is 16.0. The summed E-state index contributed by atoms with van der Waals surface area (Å²) in [5.74, 6) is 0.970. The molecule has 4 aromatic carbocycles. The van der Waals surface area contributed by atoms with Gasteiger partial charge in [0.1, 0.15) is 33.7 Å². The van der Waals surface area contributed by atoms with E-state index in [2.05, 4.69) is 40.3 Å². The third kappa shape index (κ3) is 14.4. The monoisotopic (exact) mass is 1150 g/mol. The predicted octanol–water partition coefficient (Wildman–Crippen LogP) is 14.1. The predicted molar refractivity (Wildman–Crippen MR) is 323 cm³/mol. The van der Waals surface area contributed by atoms with Crippen LogP contribution in [0.5, 0.6) is 0 Å². The number of carbonyl (C=O) groups excluding carboxylic acids is 2. The number of benzene rings is 4. The molecule has 0 unspecified atom stereocenters. The molecule has 6 heterocycles. The maximum absolute atomic E-state index is 13.1. The zero-order valence-corrected chi connectivity index (χ0v) is 49.2. The minimum atomic E-state index is -2.72. The van der Waals surface area contributed by atoms with Gasteiger partial charge in [0, 0.05) is 94.8 Å². The molecule has 2 saturated heterocycles. The van der Waals surface area contributed by atoms with Crippen LogP contribution in [0.3, 0.4) is 0 Å². The van der Waals surface area contributed by atoms with Crippen molar-refractivity contribution in [2.75, 3.05) is 50.4 Å². The molecule has 4 atom stereocenters. The standard InChI is InChI=1S/C30H33N6O3P.C28H27ClN6O2.C2H6OP/c1-19-15-33-29(34-22-12-11-20(2)36(17-22)30(37)39-18-21-9-7-6-8-10-21)35-26(19)24-16-32-27-23(24)13-14-25(31-3)28(27)40(4,5)38;1-17-13-32-27(34-25(17)22-14-31-26-21(22)11-12-23(30-3)24(26)29)33-20-10-9-18(2)35(15-20)28(36)37-16-19-7-5-4-6-8-19;1-4(2)3/h6-10,13-16,20,22,32H,11-12,17-18H2,1-2,4-5H3,(H,33,34,35);4-8,11-14,18,20,31H,9-10,15-16H2,1-2H3,(H,32,33,34);1-2H3/q;;+1/t20-,22-;18-,20-;/m00./s1. The first-order chi connectivity index (χ1) is 38.8. The molecule has 418 valence electrons. The summed E-state index contributed by atoms with van der Waals surface area (Å²) in [5, 5.41) is 9.56. The van der Waals surface area contributed by atoms with Crippen molar-refractivity contribution in [2.24, 2.45) is 0 Å². The Hall–Kier alpha value is -8.14. The van der Waals surface area contributed by atoms with Crippen molar-refractivity contribution in [3.8, 4) is 22.5 Å². The van der Waals surface area contributed by atoms with E-state index in [1.54, 1.807) is 61.0 Å². The SMILES string of the molecule is C[P+](C)=O.[C-]#[N+]c1ccc2c(-c3nc(N[C@H]4CC[C@H](C)N(C(=O)OCc5ccccc5)C4)ncc3C)c[nH]c2c1Cl.[C-]#[N+]c1ccc2c(-c3nc(N[C@H]4CC[C@H](C)N(C(=O)OCc5ccccc5)C4)ncc3C)c[nH]c2c1P(C)(C)=O. The van der Waals surface area contributed by atoms with Gasteiger partial charge < -0.3 is 44.4 Å². The zero-order chi connectivity index (χ0) is 58.0. The van der Waals surface area contributed by atoms with Crippen molar-refractivity contribution >= 4 is 89.1 Å². The van der Waals surface area contributed by atoms with Crippen molar-refractivity contribution in [3.63, 3.8) is 0 Å². The summed E-state index contributed by atoms with van der Waals surface area (Å²) in [6.45, 7) is 31.0. The average molecular weight is 1150 g/mol.